The van der Waals surface area contributed by atoms with Crippen LogP contribution < -0.4 is 10.7 Å². The Bertz CT molecular complexity index is 623. The summed E-state index contributed by atoms with van der Waals surface area (Å²) in [6.07, 6.45) is 5.13. The number of hydrogen-bond acceptors (Lipinski definition) is 3. The summed E-state index contributed by atoms with van der Waals surface area (Å²) in [6, 6.07) is 9.79. The molecule has 0 saturated carbocycles. The number of benzene rings is 1. The molecule has 1 heterocycles. The van der Waals surface area contributed by atoms with Gasteiger partial charge in [0.25, 0.3) is 0 Å². The Hall–Kier alpha value is -2.27. The Morgan fingerprint density at radius 3 is 2.70 bits per heavy atom. The smallest absolute Gasteiger partial charge is 0.191 e. The average molecular weight is 284 g/mol. The summed E-state index contributed by atoms with van der Waals surface area (Å²) in [7, 11) is 0. The van der Waals surface area contributed by atoms with Crippen molar-refractivity contribution in [2.45, 2.75) is 13.8 Å². The fourth-order valence-corrected chi connectivity index (χ4v) is 1.81. The molecule has 2 aromatic rings. The summed E-state index contributed by atoms with van der Waals surface area (Å²) in [4.78, 5) is 3.94. The standard InChI is InChI=1S/C15H16N4S/c1-11-4-3-5-14(12(11)2)18-15(20)19-17-10-13-6-8-16-9-7-13/h3-10H,1-2H3,(H2,18,19,20)/b17-10-. The van der Waals surface area contributed by atoms with Gasteiger partial charge in [0, 0.05) is 18.1 Å². The zero-order chi connectivity index (χ0) is 14.4. The molecule has 0 saturated heterocycles. The van der Waals surface area contributed by atoms with Crippen LogP contribution in [0.3, 0.4) is 0 Å². The second-order valence-electron chi connectivity index (χ2n) is 4.35. The van der Waals surface area contributed by atoms with E-state index in [2.05, 4.69) is 40.7 Å². The summed E-state index contributed by atoms with van der Waals surface area (Å²) in [5.41, 5.74) is 7.14. The number of thiocarbonyl (C=S) groups is 1. The van der Waals surface area contributed by atoms with E-state index in [0.29, 0.717) is 5.11 Å². The predicted octanol–water partition coefficient (Wildman–Crippen LogP) is 3.02. The van der Waals surface area contributed by atoms with E-state index in [1.165, 1.54) is 11.1 Å². The van der Waals surface area contributed by atoms with Gasteiger partial charge in [0.1, 0.15) is 0 Å². The molecule has 2 N–H and O–H groups in total. The zero-order valence-electron chi connectivity index (χ0n) is 11.4. The molecule has 0 aliphatic heterocycles. The highest BCUT2D eigenvalue weighted by Gasteiger charge is 2.01. The second-order valence-corrected chi connectivity index (χ2v) is 4.76. The van der Waals surface area contributed by atoms with Gasteiger partial charge in [0.2, 0.25) is 0 Å². The Kier molecular flexibility index (Phi) is 4.79. The molecule has 1 aromatic heterocycles. The van der Waals surface area contributed by atoms with E-state index in [4.69, 9.17) is 12.2 Å². The topological polar surface area (TPSA) is 49.3 Å². The average Bonchev–Trinajstić information content (AvgIpc) is 2.45. The summed E-state index contributed by atoms with van der Waals surface area (Å²) in [6.45, 7) is 4.12. The molecule has 1 aromatic carbocycles. The van der Waals surface area contributed by atoms with Gasteiger partial charge in [-0.1, -0.05) is 12.1 Å². The third-order valence-corrected chi connectivity index (χ3v) is 3.13. The van der Waals surface area contributed by atoms with Crippen molar-refractivity contribution in [3.05, 3.63) is 59.4 Å². The zero-order valence-corrected chi connectivity index (χ0v) is 12.2. The van der Waals surface area contributed by atoms with Crippen molar-refractivity contribution < 1.29 is 0 Å². The Labute approximate surface area is 123 Å². The summed E-state index contributed by atoms with van der Waals surface area (Å²) < 4.78 is 0. The van der Waals surface area contributed by atoms with E-state index in [1.54, 1.807) is 18.6 Å². The number of nitrogens with one attached hydrogen (secondary N) is 2. The third-order valence-electron chi connectivity index (χ3n) is 2.94. The van der Waals surface area contributed by atoms with Crippen LogP contribution in [0.4, 0.5) is 5.69 Å². The number of aryl methyl sites for hydroxylation is 1. The van der Waals surface area contributed by atoms with Crippen molar-refractivity contribution in [2.75, 3.05) is 5.32 Å². The predicted molar refractivity (Wildman–Crippen MR) is 87.1 cm³/mol. The van der Waals surface area contributed by atoms with Gasteiger partial charge in [0.15, 0.2) is 5.11 Å². The summed E-state index contributed by atoms with van der Waals surface area (Å²) in [5.74, 6) is 0. The monoisotopic (exact) mass is 284 g/mol. The quantitative estimate of drug-likeness (QED) is 0.517. The van der Waals surface area contributed by atoms with Crippen molar-refractivity contribution in [3.63, 3.8) is 0 Å². The SMILES string of the molecule is Cc1cccc(NC(=S)N/N=C\c2ccncc2)c1C. The van der Waals surface area contributed by atoms with E-state index in [1.807, 2.05) is 24.3 Å². The molecule has 0 unspecified atom stereocenters. The van der Waals surface area contributed by atoms with Crippen LogP contribution in [0, 0.1) is 13.8 Å². The number of rotatable bonds is 3. The van der Waals surface area contributed by atoms with Gasteiger partial charge in [-0.15, -0.1) is 0 Å². The number of nitrogens with zero attached hydrogens (tertiary/aromatic N) is 2. The minimum atomic E-state index is 0.462. The van der Waals surface area contributed by atoms with Crippen LogP contribution in [0.15, 0.2) is 47.8 Å². The van der Waals surface area contributed by atoms with Crippen LogP contribution in [0.2, 0.25) is 0 Å². The minimum absolute atomic E-state index is 0.462. The van der Waals surface area contributed by atoms with Gasteiger partial charge >= 0.3 is 0 Å². The first-order valence-electron chi connectivity index (χ1n) is 6.23. The molecule has 0 aliphatic carbocycles. The normalized spacial score (nSPS) is 10.5. The number of hydrogen-bond donors (Lipinski definition) is 2. The Morgan fingerprint density at radius 2 is 1.95 bits per heavy atom. The lowest BCUT2D eigenvalue weighted by atomic mass is 10.1. The van der Waals surface area contributed by atoms with Crippen LogP contribution in [0.5, 0.6) is 0 Å². The fourth-order valence-electron chi connectivity index (χ4n) is 1.65. The van der Waals surface area contributed by atoms with Crippen molar-refractivity contribution in [3.8, 4) is 0 Å². The first kappa shape index (κ1) is 14.1. The largest absolute Gasteiger partial charge is 0.331 e. The van der Waals surface area contributed by atoms with Crippen LogP contribution in [0.25, 0.3) is 0 Å². The van der Waals surface area contributed by atoms with Crippen molar-refractivity contribution >= 4 is 29.2 Å². The molecule has 0 amide bonds. The number of hydrazone groups is 1. The van der Waals surface area contributed by atoms with Crippen molar-refractivity contribution in [1.82, 2.24) is 10.4 Å². The molecule has 4 nitrogen and oxygen atoms in total. The van der Waals surface area contributed by atoms with Gasteiger partial charge in [-0.25, -0.2) is 0 Å². The fraction of sp³-hybridized carbons (Fsp3) is 0.133. The van der Waals surface area contributed by atoms with Crippen molar-refractivity contribution in [1.29, 1.82) is 0 Å². The number of anilines is 1. The minimum Gasteiger partial charge on any atom is -0.331 e. The lowest BCUT2D eigenvalue weighted by molar-refractivity contribution is 1.05. The molecule has 20 heavy (non-hydrogen) atoms. The van der Waals surface area contributed by atoms with E-state index in [0.717, 1.165) is 11.3 Å². The molecular formula is C15H16N4S. The van der Waals surface area contributed by atoms with E-state index < -0.39 is 0 Å². The van der Waals surface area contributed by atoms with Gasteiger partial charge < -0.3 is 5.32 Å². The summed E-state index contributed by atoms with van der Waals surface area (Å²) in [5, 5.41) is 7.68. The number of pyridine rings is 1. The Morgan fingerprint density at radius 1 is 1.20 bits per heavy atom. The lowest BCUT2D eigenvalue weighted by Crippen LogP contribution is -2.24. The third kappa shape index (κ3) is 3.86. The molecule has 102 valence electrons. The molecule has 0 spiro atoms. The van der Waals surface area contributed by atoms with Gasteiger partial charge in [0.05, 0.1) is 6.21 Å². The van der Waals surface area contributed by atoms with Gasteiger partial charge in [-0.2, -0.15) is 5.10 Å². The highest BCUT2D eigenvalue weighted by molar-refractivity contribution is 7.80. The molecule has 0 radical (unpaired) electrons. The van der Waals surface area contributed by atoms with Crippen molar-refractivity contribution in [2.24, 2.45) is 5.10 Å². The molecule has 0 atom stereocenters. The molecular weight excluding hydrogens is 268 g/mol. The van der Waals surface area contributed by atoms with Crippen LogP contribution >= 0.6 is 12.2 Å². The molecule has 2 rings (SSSR count). The highest BCUT2D eigenvalue weighted by Crippen LogP contribution is 2.17. The van der Waals surface area contributed by atoms with Gasteiger partial charge in [-0.3, -0.25) is 10.4 Å². The molecule has 0 aliphatic rings. The molecule has 0 bridgehead atoms. The first-order chi connectivity index (χ1) is 9.66. The Balaban J connectivity index is 1.93. The van der Waals surface area contributed by atoms with Crippen LogP contribution in [-0.4, -0.2) is 16.3 Å². The number of aromatic nitrogens is 1. The maximum absolute atomic E-state index is 5.21. The van der Waals surface area contributed by atoms with E-state index >= 15 is 0 Å². The van der Waals surface area contributed by atoms with Crippen LogP contribution in [0.1, 0.15) is 16.7 Å². The summed E-state index contributed by atoms with van der Waals surface area (Å²) >= 11 is 5.21. The first-order valence-corrected chi connectivity index (χ1v) is 6.64. The maximum Gasteiger partial charge on any atom is 0.191 e. The lowest BCUT2D eigenvalue weighted by Gasteiger charge is -2.11. The highest BCUT2D eigenvalue weighted by atomic mass is 32.1. The molecule has 0 fully saturated rings. The maximum atomic E-state index is 5.21. The van der Waals surface area contributed by atoms with E-state index in [9.17, 15) is 0 Å². The van der Waals surface area contributed by atoms with Crippen LogP contribution in [-0.2, 0) is 0 Å². The van der Waals surface area contributed by atoms with Gasteiger partial charge in [-0.05, 0) is 61.0 Å². The van der Waals surface area contributed by atoms with E-state index in [-0.39, 0.29) is 0 Å². The molecule has 5 heteroatoms. The second kappa shape index (κ2) is 6.77.